The second kappa shape index (κ2) is 4.77. The van der Waals surface area contributed by atoms with Gasteiger partial charge in [0.2, 0.25) is 0 Å². The van der Waals surface area contributed by atoms with Crippen molar-refractivity contribution < 1.29 is 0 Å². The highest BCUT2D eigenvalue weighted by atomic mass is 79.9. The normalized spacial score (nSPS) is 10.3. The molecule has 0 atom stereocenters. The van der Waals surface area contributed by atoms with Gasteiger partial charge in [0, 0.05) is 22.0 Å². The topological polar surface area (TPSA) is 24.9 Å². The van der Waals surface area contributed by atoms with Gasteiger partial charge in [0.05, 0.1) is 5.69 Å². The van der Waals surface area contributed by atoms with Crippen LogP contribution in [0.5, 0.6) is 0 Å². The number of hydrogen-bond donors (Lipinski definition) is 1. The average Bonchev–Trinajstić information content (AvgIpc) is 2.67. The summed E-state index contributed by atoms with van der Waals surface area (Å²) in [5.41, 5.74) is 2.17. The van der Waals surface area contributed by atoms with Crippen LogP contribution in [0.3, 0.4) is 0 Å². The van der Waals surface area contributed by atoms with E-state index < -0.39 is 0 Å². The summed E-state index contributed by atoms with van der Waals surface area (Å²) in [4.78, 5) is 4.50. The molecule has 78 valence electrons. The number of rotatable bonds is 3. The van der Waals surface area contributed by atoms with Gasteiger partial charge in [-0.05, 0) is 19.1 Å². The third-order valence-corrected chi connectivity index (χ3v) is 3.25. The molecule has 0 saturated heterocycles. The van der Waals surface area contributed by atoms with Crippen molar-refractivity contribution in [1.82, 2.24) is 4.98 Å². The van der Waals surface area contributed by atoms with Crippen LogP contribution in [0.1, 0.15) is 6.92 Å². The van der Waals surface area contributed by atoms with Gasteiger partial charge in [0.25, 0.3) is 0 Å². The molecule has 0 spiro atoms. The van der Waals surface area contributed by atoms with Crippen molar-refractivity contribution >= 4 is 32.4 Å². The Morgan fingerprint density at radius 3 is 3.07 bits per heavy atom. The minimum atomic E-state index is 0.908. The van der Waals surface area contributed by atoms with E-state index in [0.29, 0.717) is 0 Å². The lowest BCUT2D eigenvalue weighted by atomic mass is 10.2. The first-order chi connectivity index (χ1) is 7.29. The summed E-state index contributed by atoms with van der Waals surface area (Å²) in [6, 6.07) is 8.17. The largest absolute Gasteiger partial charge is 0.362 e. The summed E-state index contributed by atoms with van der Waals surface area (Å²) >= 11 is 5.09. The Labute approximate surface area is 101 Å². The molecule has 0 bridgehead atoms. The van der Waals surface area contributed by atoms with Crippen LogP contribution in [-0.2, 0) is 0 Å². The highest BCUT2D eigenvalue weighted by Gasteiger charge is 2.03. The molecule has 0 aliphatic rings. The van der Waals surface area contributed by atoms with E-state index in [1.54, 1.807) is 11.3 Å². The van der Waals surface area contributed by atoms with E-state index in [9.17, 15) is 0 Å². The van der Waals surface area contributed by atoms with Crippen LogP contribution in [0, 0.1) is 0 Å². The van der Waals surface area contributed by atoms with Crippen LogP contribution in [0.4, 0.5) is 5.13 Å². The number of thiazole rings is 1. The van der Waals surface area contributed by atoms with Crippen LogP contribution in [-0.4, -0.2) is 11.5 Å². The molecule has 1 aromatic heterocycles. The molecule has 0 fully saturated rings. The van der Waals surface area contributed by atoms with Gasteiger partial charge in [-0.25, -0.2) is 4.98 Å². The molecule has 0 unspecified atom stereocenters. The minimum absolute atomic E-state index is 0.908. The van der Waals surface area contributed by atoms with Crippen LogP contribution >= 0.6 is 27.3 Å². The van der Waals surface area contributed by atoms with Gasteiger partial charge in [-0.3, -0.25) is 0 Å². The Balaban J connectivity index is 2.29. The molecular weight excluding hydrogens is 272 g/mol. The van der Waals surface area contributed by atoms with Crippen molar-refractivity contribution in [2.24, 2.45) is 0 Å². The van der Waals surface area contributed by atoms with Gasteiger partial charge < -0.3 is 5.32 Å². The SMILES string of the molecule is CCNc1nc(-c2cccc(Br)c2)cs1. The molecule has 0 aliphatic carbocycles. The van der Waals surface area contributed by atoms with Gasteiger partial charge in [0.15, 0.2) is 5.13 Å². The lowest BCUT2D eigenvalue weighted by Gasteiger charge is -1.97. The lowest BCUT2D eigenvalue weighted by molar-refractivity contribution is 1.19. The van der Waals surface area contributed by atoms with Gasteiger partial charge >= 0.3 is 0 Å². The van der Waals surface area contributed by atoms with E-state index in [-0.39, 0.29) is 0 Å². The molecule has 0 radical (unpaired) electrons. The van der Waals surface area contributed by atoms with Crippen LogP contribution in [0.2, 0.25) is 0 Å². The molecule has 15 heavy (non-hydrogen) atoms. The minimum Gasteiger partial charge on any atom is -0.362 e. The zero-order chi connectivity index (χ0) is 10.7. The van der Waals surface area contributed by atoms with Crippen LogP contribution in [0.15, 0.2) is 34.1 Å². The van der Waals surface area contributed by atoms with Crippen LogP contribution in [0.25, 0.3) is 11.3 Å². The van der Waals surface area contributed by atoms with Crippen molar-refractivity contribution in [1.29, 1.82) is 0 Å². The van der Waals surface area contributed by atoms with Crippen molar-refractivity contribution in [3.63, 3.8) is 0 Å². The van der Waals surface area contributed by atoms with Crippen molar-refractivity contribution in [3.05, 3.63) is 34.1 Å². The number of halogens is 1. The monoisotopic (exact) mass is 282 g/mol. The zero-order valence-corrected chi connectivity index (χ0v) is 10.7. The van der Waals surface area contributed by atoms with Crippen molar-refractivity contribution in [3.8, 4) is 11.3 Å². The maximum atomic E-state index is 4.50. The first kappa shape index (κ1) is 10.6. The molecule has 2 rings (SSSR count). The van der Waals surface area contributed by atoms with E-state index in [4.69, 9.17) is 0 Å². The fourth-order valence-electron chi connectivity index (χ4n) is 1.29. The Morgan fingerprint density at radius 2 is 2.33 bits per heavy atom. The maximum Gasteiger partial charge on any atom is 0.183 e. The fourth-order valence-corrected chi connectivity index (χ4v) is 2.48. The van der Waals surface area contributed by atoms with Crippen molar-refractivity contribution in [2.45, 2.75) is 6.92 Å². The Morgan fingerprint density at radius 1 is 1.47 bits per heavy atom. The zero-order valence-electron chi connectivity index (χ0n) is 8.33. The molecule has 1 N–H and O–H groups in total. The molecule has 0 aliphatic heterocycles. The molecule has 0 amide bonds. The summed E-state index contributed by atoms with van der Waals surface area (Å²) in [7, 11) is 0. The number of aromatic nitrogens is 1. The van der Waals surface area contributed by atoms with Gasteiger partial charge in [-0.2, -0.15) is 0 Å². The number of hydrogen-bond acceptors (Lipinski definition) is 3. The standard InChI is InChI=1S/C11H11BrN2S/c1-2-13-11-14-10(7-15-11)8-4-3-5-9(12)6-8/h3-7H,2H2,1H3,(H,13,14). The molecular formula is C11H11BrN2S. The molecule has 1 heterocycles. The Hall–Kier alpha value is -0.870. The summed E-state index contributed by atoms with van der Waals surface area (Å²) in [5.74, 6) is 0. The number of benzene rings is 1. The smallest absolute Gasteiger partial charge is 0.183 e. The summed E-state index contributed by atoms with van der Waals surface area (Å²) < 4.78 is 1.08. The quantitative estimate of drug-likeness (QED) is 0.920. The van der Waals surface area contributed by atoms with Gasteiger partial charge in [0.1, 0.15) is 0 Å². The number of nitrogens with zero attached hydrogens (tertiary/aromatic N) is 1. The first-order valence-electron chi connectivity index (χ1n) is 4.75. The molecule has 2 nitrogen and oxygen atoms in total. The van der Waals surface area contributed by atoms with Crippen molar-refractivity contribution in [2.75, 3.05) is 11.9 Å². The molecule has 0 saturated carbocycles. The van der Waals surface area contributed by atoms with E-state index in [1.807, 2.05) is 12.1 Å². The van der Waals surface area contributed by atoms with Gasteiger partial charge in [-0.15, -0.1) is 11.3 Å². The first-order valence-corrected chi connectivity index (χ1v) is 6.42. The average molecular weight is 283 g/mol. The van der Waals surface area contributed by atoms with E-state index >= 15 is 0 Å². The van der Waals surface area contributed by atoms with E-state index in [0.717, 1.165) is 27.4 Å². The summed E-state index contributed by atoms with van der Waals surface area (Å²) in [6.45, 7) is 2.98. The summed E-state index contributed by atoms with van der Waals surface area (Å²) in [5, 5.41) is 6.26. The van der Waals surface area contributed by atoms with Gasteiger partial charge in [-0.1, -0.05) is 28.1 Å². The molecule has 2 aromatic rings. The maximum absolute atomic E-state index is 4.50. The Bertz CT molecular complexity index is 453. The van der Waals surface area contributed by atoms with E-state index in [1.165, 1.54) is 0 Å². The predicted molar refractivity (Wildman–Crippen MR) is 69.4 cm³/mol. The molecule has 4 heteroatoms. The highest BCUT2D eigenvalue weighted by molar-refractivity contribution is 9.10. The molecule has 1 aromatic carbocycles. The second-order valence-electron chi connectivity index (χ2n) is 3.08. The Kier molecular flexibility index (Phi) is 3.38. The third-order valence-electron chi connectivity index (χ3n) is 1.95. The number of anilines is 1. The lowest BCUT2D eigenvalue weighted by Crippen LogP contribution is -1.94. The summed E-state index contributed by atoms with van der Waals surface area (Å²) in [6.07, 6.45) is 0. The highest BCUT2D eigenvalue weighted by Crippen LogP contribution is 2.26. The fraction of sp³-hybridized carbons (Fsp3) is 0.182. The second-order valence-corrected chi connectivity index (χ2v) is 4.85. The third kappa shape index (κ3) is 2.58. The number of nitrogens with one attached hydrogen (secondary N) is 1. The predicted octanol–water partition coefficient (Wildman–Crippen LogP) is 4.00. The van der Waals surface area contributed by atoms with E-state index in [2.05, 4.69) is 50.7 Å². The van der Waals surface area contributed by atoms with Crippen LogP contribution < -0.4 is 5.32 Å².